The van der Waals surface area contributed by atoms with Crippen molar-refractivity contribution in [1.82, 2.24) is 9.97 Å². The maximum Gasteiger partial charge on any atom is 0.279 e. The van der Waals surface area contributed by atoms with Gasteiger partial charge in [0.25, 0.3) is 11.8 Å². The number of amides is 2. The summed E-state index contributed by atoms with van der Waals surface area (Å²) in [7, 11) is 0. The van der Waals surface area contributed by atoms with E-state index in [9.17, 15) is 18.4 Å². The Hall–Kier alpha value is -4.46. The van der Waals surface area contributed by atoms with E-state index in [-0.39, 0.29) is 5.69 Å². The Morgan fingerprint density at radius 1 is 0.861 bits per heavy atom. The SMILES string of the molecule is O=C(Nc1ccc(F)cc1)C(c1ccc(F)cc1)N(C(=O)c1cnccn1)c1ccc2c(c1)CCC2. The van der Waals surface area contributed by atoms with Crippen LogP contribution in [0.2, 0.25) is 0 Å². The van der Waals surface area contributed by atoms with Gasteiger partial charge in [-0.15, -0.1) is 0 Å². The lowest BCUT2D eigenvalue weighted by Crippen LogP contribution is -2.42. The largest absolute Gasteiger partial charge is 0.324 e. The predicted octanol–water partition coefficient (Wildman–Crippen LogP) is 5.27. The van der Waals surface area contributed by atoms with Gasteiger partial charge in [0.05, 0.1) is 6.20 Å². The van der Waals surface area contributed by atoms with Crippen molar-refractivity contribution >= 4 is 23.2 Å². The van der Waals surface area contributed by atoms with Gasteiger partial charge >= 0.3 is 0 Å². The smallest absolute Gasteiger partial charge is 0.279 e. The molecule has 36 heavy (non-hydrogen) atoms. The first-order valence-corrected chi connectivity index (χ1v) is 11.5. The number of aryl methyl sites for hydroxylation is 2. The van der Waals surface area contributed by atoms with Gasteiger partial charge < -0.3 is 5.32 Å². The Bertz CT molecular complexity index is 1390. The maximum absolute atomic E-state index is 13.8. The van der Waals surface area contributed by atoms with E-state index in [4.69, 9.17) is 0 Å². The first-order valence-electron chi connectivity index (χ1n) is 11.5. The molecule has 1 unspecified atom stereocenters. The minimum Gasteiger partial charge on any atom is -0.324 e. The molecule has 0 aliphatic heterocycles. The van der Waals surface area contributed by atoms with E-state index in [1.165, 1.54) is 77.6 Å². The molecule has 1 aromatic heterocycles. The normalized spacial score (nSPS) is 13.1. The summed E-state index contributed by atoms with van der Waals surface area (Å²) in [6.45, 7) is 0. The Labute approximate surface area is 206 Å². The molecule has 0 bridgehead atoms. The monoisotopic (exact) mass is 484 g/mol. The third-order valence-corrected chi connectivity index (χ3v) is 6.17. The highest BCUT2D eigenvalue weighted by Crippen LogP contribution is 2.34. The Morgan fingerprint density at radius 2 is 1.56 bits per heavy atom. The van der Waals surface area contributed by atoms with Gasteiger partial charge in [0, 0.05) is 23.8 Å². The van der Waals surface area contributed by atoms with E-state index in [1.807, 2.05) is 12.1 Å². The molecule has 2 amide bonds. The Morgan fingerprint density at radius 3 is 2.25 bits per heavy atom. The van der Waals surface area contributed by atoms with E-state index < -0.39 is 29.5 Å². The Balaban J connectivity index is 1.63. The number of carbonyl (C=O) groups is 2. The van der Waals surface area contributed by atoms with Crippen LogP contribution in [0.4, 0.5) is 20.2 Å². The van der Waals surface area contributed by atoms with Crippen molar-refractivity contribution in [2.24, 2.45) is 0 Å². The first-order chi connectivity index (χ1) is 17.5. The summed E-state index contributed by atoms with van der Waals surface area (Å²) in [4.78, 5) is 37.1. The first kappa shape index (κ1) is 23.3. The van der Waals surface area contributed by atoms with Crippen molar-refractivity contribution in [1.29, 1.82) is 0 Å². The highest BCUT2D eigenvalue weighted by atomic mass is 19.1. The molecular formula is C28H22F2N4O2. The average molecular weight is 485 g/mol. The van der Waals surface area contributed by atoms with Crippen molar-refractivity contribution in [3.8, 4) is 0 Å². The number of fused-ring (bicyclic) bond motifs is 1. The van der Waals surface area contributed by atoms with Crippen LogP contribution in [-0.4, -0.2) is 21.8 Å². The van der Waals surface area contributed by atoms with Crippen molar-refractivity contribution < 1.29 is 18.4 Å². The summed E-state index contributed by atoms with van der Waals surface area (Å²) in [6, 6.07) is 15.2. The minimum atomic E-state index is -1.18. The Kier molecular flexibility index (Phi) is 6.49. The van der Waals surface area contributed by atoms with Crippen LogP contribution in [0, 0.1) is 11.6 Å². The number of benzene rings is 3. The molecule has 0 radical (unpaired) electrons. The summed E-state index contributed by atoms with van der Waals surface area (Å²) >= 11 is 0. The predicted molar refractivity (Wildman–Crippen MR) is 131 cm³/mol. The number of anilines is 2. The van der Waals surface area contributed by atoms with Crippen molar-refractivity contribution in [3.63, 3.8) is 0 Å². The third kappa shape index (κ3) is 4.84. The molecule has 6 nitrogen and oxygen atoms in total. The van der Waals surface area contributed by atoms with Gasteiger partial charge in [-0.2, -0.15) is 0 Å². The number of carbonyl (C=O) groups excluding carboxylic acids is 2. The van der Waals surface area contributed by atoms with E-state index in [1.54, 1.807) is 6.07 Å². The van der Waals surface area contributed by atoms with Crippen molar-refractivity contribution in [2.45, 2.75) is 25.3 Å². The second kappa shape index (κ2) is 10.0. The molecule has 1 N–H and O–H groups in total. The number of rotatable bonds is 6. The standard InChI is InChI=1S/C28H22F2N4O2/c29-21-7-4-19(5-8-21)26(27(35)33-23-11-9-22(30)10-12-23)34(28(36)25-17-31-14-15-32-25)24-13-6-18-2-1-3-20(18)16-24/h4-17,26H,1-3H2,(H,33,35). The fourth-order valence-electron chi connectivity index (χ4n) is 4.43. The maximum atomic E-state index is 13.8. The fraction of sp³-hybridized carbons (Fsp3) is 0.143. The molecule has 3 aromatic carbocycles. The lowest BCUT2D eigenvalue weighted by atomic mass is 10.0. The van der Waals surface area contributed by atoms with Crippen LogP contribution in [0.1, 0.15) is 39.6 Å². The zero-order valence-electron chi connectivity index (χ0n) is 19.2. The number of nitrogens with one attached hydrogen (secondary N) is 1. The third-order valence-electron chi connectivity index (χ3n) is 6.17. The highest BCUT2D eigenvalue weighted by Gasteiger charge is 2.35. The lowest BCUT2D eigenvalue weighted by Gasteiger charge is -2.31. The van der Waals surface area contributed by atoms with Gasteiger partial charge in [0.1, 0.15) is 23.4 Å². The second-order valence-corrected chi connectivity index (χ2v) is 8.52. The molecule has 0 spiro atoms. The fourth-order valence-corrected chi connectivity index (χ4v) is 4.43. The van der Waals surface area contributed by atoms with E-state index >= 15 is 0 Å². The molecule has 1 heterocycles. The van der Waals surface area contributed by atoms with Crippen LogP contribution < -0.4 is 10.2 Å². The minimum absolute atomic E-state index is 0.0553. The molecule has 5 rings (SSSR count). The van der Waals surface area contributed by atoms with Crippen LogP contribution in [0.25, 0.3) is 0 Å². The topological polar surface area (TPSA) is 75.2 Å². The van der Waals surface area contributed by atoms with Crippen LogP contribution in [-0.2, 0) is 17.6 Å². The summed E-state index contributed by atoms with van der Waals surface area (Å²) < 4.78 is 27.2. The lowest BCUT2D eigenvalue weighted by molar-refractivity contribution is -0.117. The zero-order chi connectivity index (χ0) is 25.1. The van der Waals surface area contributed by atoms with E-state index in [0.29, 0.717) is 16.9 Å². The molecule has 4 aromatic rings. The summed E-state index contributed by atoms with van der Waals surface area (Å²) in [5.41, 5.74) is 3.64. The number of nitrogens with zero attached hydrogens (tertiary/aromatic N) is 3. The van der Waals surface area contributed by atoms with E-state index in [2.05, 4.69) is 15.3 Å². The number of halogens is 2. The quantitative estimate of drug-likeness (QED) is 0.405. The van der Waals surface area contributed by atoms with Gasteiger partial charge in [-0.05, 0) is 84.5 Å². The zero-order valence-corrected chi connectivity index (χ0v) is 19.2. The highest BCUT2D eigenvalue weighted by molar-refractivity contribution is 6.11. The number of hydrogen-bond acceptors (Lipinski definition) is 4. The van der Waals surface area contributed by atoms with Gasteiger partial charge in [-0.3, -0.25) is 19.5 Å². The molecule has 1 aliphatic carbocycles. The summed E-state index contributed by atoms with van der Waals surface area (Å²) in [5, 5.41) is 2.76. The van der Waals surface area contributed by atoms with Crippen molar-refractivity contribution in [3.05, 3.63) is 119 Å². The van der Waals surface area contributed by atoms with Crippen LogP contribution in [0.5, 0.6) is 0 Å². The molecule has 0 fully saturated rings. The summed E-state index contributed by atoms with van der Waals surface area (Å²) in [5.74, 6) is -2.00. The average Bonchev–Trinajstić information content (AvgIpc) is 3.37. The second-order valence-electron chi connectivity index (χ2n) is 8.52. The van der Waals surface area contributed by atoms with Gasteiger partial charge in [-0.25, -0.2) is 13.8 Å². The van der Waals surface area contributed by atoms with Crippen LogP contribution in [0.15, 0.2) is 85.3 Å². The van der Waals surface area contributed by atoms with Gasteiger partial charge in [0.2, 0.25) is 0 Å². The molecule has 0 saturated carbocycles. The molecule has 0 saturated heterocycles. The molecule has 8 heteroatoms. The molecule has 1 aliphatic rings. The van der Waals surface area contributed by atoms with E-state index in [0.717, 1.165) is 24.8 Å². The molecular weight excluding hydrogens is 462 g/mol. The number of aromatic nitrogens is 2. The van der Waals surface area contributed by atoms with Gasteiger partial charge in [0.15, 0.2) is 0 Å². The van der Waals surface area contributed by atoms with Gasteiger partial charge in [-0.1, -0.05) is 18.2 Å². The van der Waals surface area contributed by atoms with Crippen molar-refractivity contribution in [2.75, 3.05) is 10.2 Å². The van der Waals surface area contributed by atoms with Crippen LogP contribution in [0.3, 0.4) is 0 Å². The summed E-state index contributed by atoms with van der Waals surface area (Å²) in [6.07, 6.45) is 7.04. The molecule has 180 valence electrons. The molecule has 1 atom stereocenters. The van der Waals surface area contributed by atoms with Crippen LogP contribution >= 0.6 is 0 Å². The number of hydrogen-bond donors (Lipinski definition) is 1.